The Morgan fingerprint density at radius 1 is 1.50 bits per heavy atom. The number of aliphatic hydroxyl groups is 1. The predicted octanol–water partition coefficient (Wildman–Crippen LogP) is -0.696. The summed E-state index contributed by atoms with van der Waals surface area (Å²) >= 11 is 0. The van der Waals surface area contributed by atoms with Gasteiger partial charge in [0.2, 0.25) is 15.0 Å². The van der Waals surface area contributed by atoms with Gasteiger partial charge in [-0.15, -0.1) is 0 Å². The Morgan fingerprint density at radius 2 is 2.20 bits per heavy atom. The van der Waals surface area contributed by atoms with Gasteiger partial charge in [0.15, 0.2) is 0 Å². The van der Waals surface area contributed by atoms with E-state index in [9.17, 15) is 18.3 Å². The molecule has 110 valence electrons. The minimum absolute atomic E-state index is 0.00324. The van der Waals surface area contributed by atoms with Gasteiger partial charge in [0.25, 0.3) is 5.91 Å². The average molecular weight is 300 g/mol. The maximum Gasteiger partial charge on any atom is 0.254 e. The fourth-order valence-electron chi connectivity index (χ4n) is 2.12. The topological polar surface area (TPSA) is 135 Å². The van der Waals surface area contributed by atoms with E-state index in [4.69, 9.17) is 5.73 Å². The quantitative estimate of drug-likeness (QED) is 0.626. The van der Waals surface area contributed by atoms with Crippen LogP contribution in [0.15, 0.2) is 11.4 Å². The van der Waals surface area contributed by atoms with Crippen LogP contribution in [0.5, 0.6) is 0 Å². The molecule has 0 aromatic carbocycles. The molecule has 2 rings (SSSR count). The van der Waals surface area contributed by atoms with Crippen LogP contribution in [0.2, 0.25) is 0 Å². The molecule has 4 N–H and O–H groups in total. The van der Waals surface area contributed by atoms with Gasteiger partial charge in [0, 0.05) is 12.5 Å². The number of nitrogens with one attached hydrogen (secondary N) is 1. The van der Waals surface area contributed by atoms with Gasteiger partial charge in [-0.05, 0) is 19.3 Å². The second kappa shape index (κ2) is 5.33. The van der Waals surface area contributed by atoms with Crippen LogP contribution in [0.1, 0.15) is 29.6 Å². The second-order valence-electron chi connectivity index (χ2n) is 4.80. The van der Waals surface area contributed by atoms with E-state index in [0.29, 0.717) is 12.8 Å². The van der Waals surface area contributed by atoms with Crippen molar-refractivity contribution in [3.05, 3.63) is 11.8 Å². The summed E-state index contributed by atoms with van der Waals surface area (Å²) in [5, 5.41) is 12.3. The van der Waals surface area contributed by atoms with Crippen LogP contribution in [0.4, 0.5) is 5.82 Å². The van der Waals surface area contributed by atoms with E-state index < -0.39 is 27.0 Å². The normalized spacial score (nSPS) is 22.7. The Morgan fingerprint density at radius 3 is 2.70 bits per heavy atom. The molecule has 1 aliphatic rings. The molecular weight excluding hydrogens is 284 g/mol. The summed E-state index contributed by atoms with van der Waals surface area (Å²) in [6.07, 6.45) is 3.68. The van der Waals surface area contributed by atoms with Gasteiger partial charge in [-0.2, -0.15) is 0 Å². The van der Waals surface area contributed by atoms with Crippen LogP contribution in [-0.2, 0) is 9.84 Å². The van der Waals surface area contributed by atoms with Crippen molar-refractivity contribution >= 4 is 21.6 Å². The van der Waals surface area contributed by atoms with Crippen LogP contribution >= 0.6 is 0 Å². The van der Waals surface area contributed by atoms with Gasteiger partial charge in [0.05, 0.1) is 17.7 Å². The molecule has 1 fully saturated rings. The van der Waals surface area contributed by atoms with Crippen molar-refractivity contribution in [2.75, 3.05) is 11.6 Å². The monoisotopic (exact) mass is 300 g/mol. The van der Waals surface area contributed by atoms with Crippen LogP contribution < -0.4 is 11.1 Å². The zero-order valence-electron chi connectivity index (χ0n) is 10.9. The van der Waals surface area contributed by atoms with E-state index in [0.717, 1.165) is 18.9 Å². The predicted molar refractivity (Wildman–Crippen MR) is 70.9 cm³/mol. The molecule has 1 amide bonds. The maximum absolute atomic E-state index is 11.4. The fraction of sp³-hybridized carbons (Fsp3) is 0.545. The number of hydrogen-bond donors (Lipinski definition) is 3. The third kappa shape index (κ3) is 3.05. The van der Waals surface area contributed by atoms with Crippen molar-refractivity contribution in [3.8, 4) is 0 Å². The van der Waals surface area contributed by atoms with Crippen molar-refractivity contribution in [2.45, 2.75) is 36.6 Å². The highest BCUT2D eigenvalue weighted by Crippen LogP contribution is 2.24. The summed E-state index contributed by atoms with van der Waals surface area (Å²) < 4.78 is 22.9. The molecule has 1 heterocycles. The third-order valence-electron chi connectivity index (χ3n) is 3.17. The molecule has 8 nitrogen and oxygen atoms in total. The number of primary amides is 1. The average Bonchev–Trinajstić information content (AvgIpc) is 2.73. The minimum Gasteiger partial charge on any atom is -0.391 e. The molecule has 1 saturated carbocycles. The van der Waals surface area contributed by atoms with Crippen LogP contribution in [0.25, 0.3) is 0 Å². The van der Waals surface area contributed by atoms with Crippen molar-refractivity contribution in [2.24, 2.45) is 5.73 Å². The molecule has 20 heavy (non-hydrogen) atoms. The molecule has 1 aromatic heterocycles. The largest absolute Gasteiger partial charge is 0.391 e. The summed E-state index contributed by atoms with van der Waals surface area (Å²) in [7, 11) is -3.59. The molecule has 0 bridgehead atoms. The smallest absolute Gasteiger partial charge is 0.254 e. The number of carbonyl (C=O) groups is 1. The molecule has 0 unspecified atom stereocenters. The number of hydrogen-bond acceptors (Lipinski definition) is 7. The fourth-order valence-corrected chi connectivity index (χ4v) is 2.62. The van der Waals surface area contributed by atoms with Crippen LogP contribution in [0, 0.1) is 0 Å². The number of carbonyl (C=O) groups excluding carboxylic acids is 1. The van der Waals surface area contributed by atoms with E-state index in [2.05, 4.69) is 15.3 Å². The zero-order chi connectivity index (χ0) is 14.9. The Kier molecular flexibility index (Phi) is 3.91. The molecule has 9 heteroatoms. The zero-order valence-corrected chi connectivity index (χ0v) is 11.7. The Labute approximate surface area is 116 Å². The highest BCUT2D eigenvalue weighted by molar-refractivity contribution is 7.90. The Hall–Kier alpha value is -1.74. The lowest BCUT2D eigenvalue weighted by molar-refractivity contribution is 0.0999. The third-order valence-corrected chi connectivity index (χ3v) is 4.03. The van der Waals surface area contributed by atoms with Gasteiger partial charge in [0.1, 0.15) is 5.82 Å². The number of anilines is 1. The van der Waals surface area contributed by atoms with Crippen molar-refractivity contribution in [1.82, 2.24) is 9.97 Å². The first kappa shape index (κ1) is 14.7. The Bertz CT molecular complexity index is 631. The molecule has 0 spiro atoms. The summed E-state index contributed by atoms with van der Waals surface area (Å²) in [6, 6.07) is -0.282. The van der Waals surface area contributed by atoms with Gasteiger partial charge >= 0.3 is 0 Å². The Balaban J connectivity index is 2.39. The number of aromatic nitrogens is 2. The summed E-state index contributed by atoms with van der Waals surface area (Å²) in [4.78, 5) is 18.8. The summed E-state index contributed by atoms with van der Waals surface area (Å²) in [5.41, 5.74) is 5.21. The van der Waals surface area contributed by atoms with Gasteiger partial charge < -0.3 is 16.2 Å². The molecule has 0 aliphatic heterocycles. The van der Waals surface area contributed by atoms with Crippen LogP contribution in [0.3, 0.4) is 0 Å². The highest BCUT2D eigenvalue weighted by atomic mass is 32.2. The molecular formula is C11H16N4O4S. The van der Waals surface area contributed by atoms with Crippen molar-refractivity contribution < 1.29 is 18.3 Å². The first-order valence-corrected chi connectivity index (χ1v) is 7.99. The number of aliphatic hydroxyl groups excluding tert-OH is 1. The standard InChI is InChI=1S/C11H16N4O4S/c1-20(18,19)11-13-5-6(9(12)17)10(15-11)14-7-3-2-4-8(7)16/h5,7-8,16H,2-4H2,1H3,(H2,12,17)(H,13,14,15)/t7-,8-/m0/s1. The number of nitrogens with two attached hydrogens (primary N) is 1. The lowest BCUT2D eigenvalue weighted by atomic mass is 10.2. The van der Waals surface area contributed by atoms with Crippen LogP contribution in [-0.4, -0.2) is 47.8 Å². The van der Waals surface area contributed by atoms with E-state index in [1.54, 1.807) is 0 Å². The number of rotatable bonds is 4. The first-order valence-electron chi connectivity index (χ1n) is 6.10. The van der Waals surface area contributed by atoms with Gasteiger partial charge in [-0.1, -0.05) is 0 Å². The molecule has 1 aromatic rings. The van der Waals surface area contributed by atoms with Gasteiger partial charge in [-0.3, -0.25) is 4.79 Å². The molecule has 1 aliphatic carbocycles. The van der Waals surface area contributed by atoms with Crippen molar-refractivity contribution in [3.63, 3.8) is 0 Å². The van der Waals surface area contributed by atoms with E-state index in [1.165, 1.54) is 0 Å². The van der Waals surface area contributed by atoms with Gasteiger partial charge in [-0.25, -0.2) is 18.4 Å². The maximum atomic E-state index is 11.4. The number of amides is 1. The van der Waals surface area contributed by atoms with E-state index in [-0.39, 0.29) is 17.4 Å². The minimum atomic E-state index is -3.59. The lowest BCUT2D eigenvalue weighted by Crippen LogP contribution is -2.30. The SMILES string of the molecule is CS(=O)(=O)c1ncc(C(N)=O)c(N[C@H]2CCC[C@@H]2O)n1. The molecule has 2 atom stereocenters. The first-order chi connectivity index (χ1) is 9.29. The number of nitrogens with zero attached hydrogens (tertiary/aromatic N) is 2. The summed E-state index contributed by atoms with van der Waals surface area (Å²) in [5.74, 6) is -0.723. The van der Waals surface area contributed by atoms with E-state index in [1.807, 2.05) is 0 Å². The second-order valence-corrected chi connectivity index (χ2v) is 6.71. The molecule has 0 saturated heterocycles. The lowest BCUT2D eigenvalue weighted by Gasteiger charge is -2.18. The highest BCUT2D eigenvalue weighted by Gasteiger charge is 2.27. The molecule has 0 radical (unpaired) electrons. The summed E-state index contributed by atoms with van der Waals surface area (Å²) in [6.45, 7) is 0. The number of sulfone groups is 1. The van der Waals surface area contributed by atoms with Crippen molar-refractivity contribution in [1.29, 1.82) is 0 Å². The van der Waals surface area contributed by atoms with E-state index >= 15 is 0 Å².